The van der Waals surface area contributed by atoms with Crippen LogP contribution < -0.4 is 5.32 Å². The smallest absolute Gasteiger partial charge is 0.00488 e. The van der Waals surface area contributed by atoms with Crippen LogP contribution in [0.4, 0.5) is 0 Å². The summed E-state index contributed by atoms with van der Waals surface area (Å²) in [6, 6.07) is 9.28. The first-order chi connectivity index (χ1) is 7.40. The highest BCUT2D eigenvalue weighted by Gasteiger charge is 2.18. The van der Waals surface area contributed by atoms with Crippen LogP contribution in [0.3, 0.4) is 0 Å². The minimum absolute atomic E-state index is 0.872. The average molecular weight is 203 g/mol. The number of benzene rings is 1. The molecule has 1 aliphatic carbocycles. The van der Waals surface area contributed by atoms with E-state index in [1.54, 1.807) is 5.56 Å². The second-order valence-electron chi connectivity index (χ2n) is 4.58. The molecule has 1 heteroatoms. The predicted molar refractivity (Wildman–Crippen MR) is 65.3 cm³/mol. The van der Waals surface area contributed by atoms with Crippen molar-refractivity contribution in [3.63, 3.8) is 0 Å². The molecule has 2 rings (SSSR count). The summed E-state index contributed by atoms with van der Waals surface area (Å²) in [7, 11) is 2.01. The van der Waals surface area contributed by atoms with Crippen LogP contribution in [0.25, 0.3) is 0 Å². The maximum Gasteiger partial charge on any atom is -0.00488 e. The maximum absolute atomic E-state index is 3.19. The molecule has 0 saturated heterocycles. The van der Waals surface area contributed by atoms with Crippen LogP contribution in [0.2, 0.25) is 0 Å². The van der Waals surface area contributed by atoms with Gasteiger partial charge in [0, 0.05) is 0 Å². The Kier molecular flexibility index (Phi) is 3.79. The zero-order chi connectivity index (χ0) is 10.5. The highest BCUT2D eigenvalue weighted by atomic mass is 14.8. The summed E-state index contributed by atoms with van der Waals surface area (Å²) in [5, 5.41) is 3.19. The molecule has 82 valence electrons. The Labute approximate surface area is 92.9 Å². The van der Waals surface area contributed by atoms with Gasteiger partial charge in [-0.15, -0.1) is 0 Å². The van der Waals surface area contributed by atoms with E-state index < -0.39 is 0 Å². The van der Waals surface area contributed by atoms with Crippen molar-refractivity contribution in [3.8, 4) is 0 Å². The Morgan fingerprint density at radius 1 is 1.20 bits per heavy atom. The summed E-state index contributed by atoms with van der Waals surface area (Å²) >= 11 is 0. The van der Waals surface area contributed by atoms with Gasteiger partial charge >= 0.3 is 0 Å². The minimum atomic E-state index is 0.872. The molecule has 0 spiro atoms. The summed E-state index contributed by atoms with van der Waals surface area (Å²) in [6.07, 6.45) is 6.66. The van der Waals surface area contributed by atoms with Crippen LogP contribution in [0, 0.1) is 0 Å². The van der Waals surface area contributed by atoms with Crippen molar-refractivity contribution in [2.24, 2.45) is 0 Å². The Hall–Kier alpha value is -0.820. The molecule has 0 unspecified atom stereocenters. The van der Waals surface area contributed by atoms with Gasteiger partial charge in [0.2, 0.25) is 0 Å². The molecule has 1 aromatic rings. The number of hydrogen-bond acceptors (Lipinski definition) is 1. The molecule has 0 heterocycles. The summed E-state index contributed by atoms with van der Waals surface area (Å²) in [4.78, 5) is 0. The van der Waals surface area contributed by atoms with Crippen molar-refractivity contribution in [3.05, 3.63) is 35.4 Å². The fourth-order valence-corrected chi connectivity index (χ4v) is 2.17. The topological polar surface area (TPSA) is 12.0 Å². The highest BCUT2D eigenvalue weighted by Crippen LogP contribution is 2.36. The van der Waals surface area contributed by atoms with Gasteiger partial charge in [-0.05, 0) is 56.3 Å². The first-order valence-corrected chi connectivity index (χ1v) is 6.13. The van der Waals surface area contributed by atoms with Crippen molar-refractivity contribution in [1.82, 2.24) is 5.32 Å². The molecule has 1 N–H and O–H groups in total. The molecule has 0 aromatic heterocycles. The Morgan fingerprint density at radius 3 is 2.47 bits per heavy atom. The molecule has 15 heavy (non-hydrogen) atoms. The fraction of sp³-hybridized carbons (Fsp3) is 0.571. The van der Waals surface area contributed by atoms with Crippen LogP contribution in [0.15, 0.2) is 24.3 Å². The molecule has 1 aromatic carbocycles. The van der Waals surface area contributed by atoms with Gasteiger partial charge in [-0.2, -0.15) is 0 Å². The van der Waals surface area contributed by atoms with E-state index in [0.717, 1.165) is 12.5 Å². The number of rotatable bonds is 5. The van der Waals surface area contributed by atoms with Gasteiger partial charge in [0.25, 0.3) is 0 Å². The fourth-order valence-electron chi connectivity index (χ4n) is 2.17. The van der Waals surface area contributed by atoms with Crippen LogP contribution in [0.1, 0.15) is 42.7 Å². The lowest BCUT2D eigenvalue weighted by Gasteiger charge is -2.25. The molecule has 0 aliphatic heterocycles. The van der Waals surface area contributed by atoms with Crippen molar-refractivity contribution in [2.45, 2.75) is 38.0 Å². The van der Waals surface area contributed by atoms with Crippen LogP contribution in [-0.2, 0) is 6.42 Å². The summed E-state index contributed by atoms with van der Waals surface area (Å²) < 4.78 is 0. The van der Waals surface area contributed by atoms with Gasteiger partial charge in [-0.25, -0.2) is 0 Å². The molecule has 1 aliphatic rings. The zero-order valence-corrected chi connectivity index (χ0v) is 9.63. The molecule has 1 saturated carbocycles. The van der Waals surface area contributed by atoms with E-state index in [1.165, 1.54) is 37.7 Å². The average Bonchev–Trinajstić information content (AvgIpc) is 2.18. The molecule has 1 fully saturated rings. The lowest BCUT2D eigenvalue weighted by atomic mass is 9.80. The van der Waals surface area contributed by atoms with Crippen LogP contribution >= 0.6 is 0 Å². The third-order valence-corrected chi connectivity index (χ3v) is 3.45. The van der Waals surface area contributed by atoms with Crippen molar-refractivity contribution in [1.29, 1.82) is 0 Å². The number of aryl methyl sites for hydroxylation is 1. The monoisotopic (exact) mass is 203 g/mol. The Morgan fingerprint density at radius 2 is 1.93 bits per heavy atom. The Bertz CT molecular complexity index is 285. The molecule has 0 atom stereocenters. The van der Waals surface area contributed by atoms with Gasteiger partial charge in [0.1, 0.15) is 0 Å². The van der Waals surface area contributed by atoms with Crippen LogP contribution in [-0.4, -0.2) is 13.6 Å². The molecule has 0 amide bonds. The third-order valence-electron chi connectivity index (χ3n) is 3.45. The molecule has 0 radical (unpaired) electrons. The van der Waals surface area contributed by atoms with Crippen molar-refractivity contribution >= 4 is 0 Å². The third kappa shape index (κ3) is 2.82. The molecule has 1 nitrogen and oxygen atoms in total. The predicted octanol–water partition coefficient (Wildman–Crippen LogP) is 3.11. The Balaban J connectivity index is 1.86. The van der Waals surface area contributed by atoms with Crippen molar-refractivity contribution in [2.75, 3.05) is 13.6 Å². The van der Waals surface area contributed by atoms with E-state index in [-0.39, 0.29) is 0 Å². The van der Waals surface area contributed by atoms with Gasteiger partial charge in [-0.1, -0.05) is 30.7 Å². The first-order valence-electron chi connectivity index (χ1n) is 6.13. The van der Waals surface area contributed by atoms with E-state index in [9.17, 15) is 0 Å². The quantitative estimate of drug-likeness (QED) is 0.725. The summed E-state index contributed by atoms with van der Waals surface area (Å²) in [6.45, 7) is 1.12. The van der Waals surface area contributed by atoms with Gasteiger partial charge in [0.15, 0.2) is 0 Å². The maximum atomic E-state index is 3.19. The largest absolute Gasteiger partial charge is 0.320 e. The van der Waals surface area contributed by atoms with Crippen LogP contribution in [0.5, 0.6) is 0 Å². The minimum Gasteiger partial charge on any atom is -0.320 e. The summed E-state index contributed by atoms with van der Waals surface area (Å²) in [5.41, 5.74) is 3.03. The second kappa shape index (κ2) is 5.32. The number of hydrogen-bond donors (Lipinski definition) is 1. The lowest BCUT2D eigenvalue weighted by molar-refractivity contribution is 0.419. The van der Waals surface area contributed by atoms with E-state index in [4.69, 9.17) is 0 Å². The zero-order valence-electron chi connectivity index (χ0n) is 9.63. The molecule has 0 bridgehead atoms. The second-order valence-corrected chi connectivity index (χ2v) is 4.58. The van der Waals surface area contributed by atoms with Crippen molar-refractivity contribution < 1.29 is 0 Å². The lowest BCUT2D eigenvalue weighted by Crippen LogP contribution is -2.09. The standard InChI is InChI=1S/C14H21N/c1-15-11-3-4-12-7-9-14(10-8-12)13-5-2-6-13/h7-10,13,15H,2-6,11H2,1H3. The van der Waals surface area contributed by atoms with Gasteiger partial charge < -0.3 is 5.32 Å². The normalized spacial score (nSPS) is 16.3. The highest BCUT2D eigenvalue weighted by molar-refractivity contribution is 5.26. The number of nitrogens with one attached hydrogen (secondary N) is 1. The van der Waals surface area contributed by atoms with E-state index in [2.05, 4.69) is 29.6 Å². The molecular weight excluding hydrogens is 182 g/mol. The van der Waals surface area contributed by atoms with Gasteiger partial charge in [0.05, 0.1) is 0 Å². The SMILES string of the molecule is CNCCCc1ccc(C2CCC2)cc1. The van der Waals surface area contributed by atoms with E-state index >= 15 is 0 Å². The first kappa shape index (κ1) is 10.7. The van der Waals surface area contributed by atoms with Gasteiger partial charge in [-0.3, -0.25) is 0 Å². The van der Waals surface area contributed by atoms with E-state index in [0.29, 0.717) is 0 Å². The van der Waals surface area contributed by atoms with E-state index in [1.807, 2.05) is 7.05 Å². The summed E-state index contributed by atoms with van der Waals surface area (Å²) in [5.74, 6) is 0.872. The molecular formula is C14H21N.